The van der Waals surface area contributed by atoms with Crippen LogP contribution in [0.2, 0.25) is 0 Å². The van der Waals surface area contributed by atoms with E-state index >= 15 is 0 Å². The van der Waals surface area contributed by atoms with E-state index in [4.69, 9.17) is 4.74 Å². The van der Waals surface area contributed by atoms with Crippen LogP contribution in [0, 0.1) is 5.41 Å². The average molecular weight is 213 g/mol. The zero-order valence-electron chi connectivity index (χ0n) is 9.74. The van der Waals surface area contributed by atoms with Gasteiger partial charge in [-0.05, 0) is 19.4 Å². The Labute approximate surface area is 92.4 Å². The maximum atomic E-state index is 9.42. The summed E-state index contributed by atoms with van der Waals surface area (Å²) >= 11 is 0. The second-order valence-electron chi connectivity index (χ2n) is 5.15. The summed E-state index contributed by atoms with van der Waals surface area (Å²) in [4.78, 5) is 2.55. The van der Waals surface area contributed by atoms with Crippen molar-refractivity contribution in [2.24, 2.45) is 5.41 Å². The van der Waals surface area contributed by atoms with Gasteiger partial charge in [0.2, 0.25) is 0 Å². The summed E-state index contributed by atoms with van der Waals surface area (Å²) in [6, 6.07) is 0.763. The van der Waals surface area contributed by atoms with Crippen molar-refractivity contribution in [2.45, 2.75) is 38.6 Å². The molecular formula is C12H23NO2. The molecule has 0 radical (unpaired) electrons. The molecule has 1 heterocycles. The van der Waals surface area contributed by atoms with E-state index in [1.54, 1.807) is 0 Å². The van der Waals surface area contributed by atoms with Crippen LogP contribution < -0.4 is 0 Å². The van der Waals surface area contributed by atoms with Crippen molar-refractivity contribution in [1.82, 2.24) is 4.90 Å². The molecule has 1 N–H and O–H groups in total. The van der Waals surface area contributed by atoms with Gasteiger partial charge in [0.1, 0.15) is 0 Å². The second kappa shape index (κ2) is 4.81. The first-order valence-corrected chi connectivity index (χ1v) is 6.22. The third-order valence-electron chi connectivity index (χ3n) is 3.94. The van der Waals surface area contributed by atoms with E-state index in [2.05, 4.69) is 11.8 Å². The lowest BCUT2D eigenvalue weighted by atomic mass is 9.86. The van der Waals surface area contributed by atoms with E-state index in [1.165, 1.54) is 25.7 Å². The molecule has 0 amide bonds. The monoisotopic (exact) mass is 213 g/mol. The molecule has 1 saturated carbocycles. The number of hydrogen-bond acceptors (Lipinski definition) is 3. The van der Waals surface area contributed by atoms with Gasteiger partial charge in [0.25, 0.3) is 0 Å². The minimum Gasteiger partial charge on any atom is -0.396 e. The van der Waals surface area contributed by atoms with Crippen molar-refractivity contribution in [3.8, 4) is 0 Å². The predicted molar refractivity (Wildman–Crippen MR) is 59.8 cm³/mol. The summed E-state index contributed by atoms with van der Waals surface area (Å²) in [6.07, 6.45) is 5.44. The second-order valence-corrected chi connectivity index (χ2v) is 5.15. The highest BCUT2D eigenvalue weighted by Crippen LogP contribution is 2.31. The predicted octanol–water partition coefficient (Wildman–Crippen LogP) is 1.26. The molecule has 0 aromatic heterocycles. The lowest BCUT2D eigenvalue weighted by Gasteiger charge is -2.44. The van der Waals surface area contributed by atoms with E-state index in [1.807, 2.05) is 0 Å². The molecular weight excluding hydrogens is 190 g/mol. The van der Waals surface area contributed by atoms with Gasteiger partial charge in [-0.2, -0.15) is 0 Å². The molecule has 2 rings (SSSR count). The normalized spacial score (nSPS) is 25.8. The van der Waals surface area contributed by atoms with Gasteiger partial charge >= 0.3 is 0 Å². The maximum absolute atomic E-state index is 9.42. The number of ether oxygens (including phenoxy) is 1. The van der Waals surface area contributed by atoms with Crippen LogP contribution in [0.25, 0.3) is 0 Å². The third kappa shape index (κ3) is 2.35. The topological polar surface area (TPSA) is 32.7 Å². The summed E-state index contributed by atoms with van der Waals surface area (Å²) in [5.74, 6) is 0. The van der Waals surface area contributed by atoms with Gasteiger partial charge in [0.05, 0.1) is 25.2 Å². The van der Waals surface area contributed by atoms with Crippen molar-refractivity contribution in [3.05, 3.63) is 0 Å². The number of aliphatic hydroxyl groups is 1. The molecule has 1 aliphatic carbocycles. The SMILES string of the molecule is CCN(CC1(CO)COC1)C1CCCC1. The summed E-state index contributed by atoms with van der Waals surface area (Å²) in [6.45, 7) is 6.11. The third-order valence-corrected chi connectivity index (χ3v) is 3.94. The smallest absolute Gasteiger partial charge is 0.0579 e. The average Bonchev–Trinajstić information content (AvgIpc) is 2.71. The summed E-state index contributed by atoms with van der Waals surface area (Å²) in [7, 11) is 0. The molecule has 0 atom stereocenters. The van der Waals surface area contributed by atoms with Gasteiger partial charge in [-0.15, -0.1) is 0 Å². The minimum absolute atomic E-state index is 0.0542. The Morgan fingerprint density at radius 1 is 1.33 bits per heavy atom. The fourth-order valence-corrected chi connectivity index (χ4v) is 2.82. The molecule has 1 saturated heterocycles. The molecule has 3 nitrogen and oxygen atoms in total. The lowest BCUT2D eigenvalue weighted by molar-refractivity contribution is -0.151. The van der Waals surface area contributed by atoms with Crippen molar-refractivity contribution in [1.29, 1.82) is 0 Å². The Hall–Kier alpha value is -0.120. The Balaban J connectivity index is 1.89. The lowest BCUT2D eigenvalue weighted by Crippen LogP contribution is -2.54. The molecule has 0 bridgehead atoms. The highest BCUT2D eigenvalue weighted by Gasteiger charge is 2.40. The van der Waals surface area contributed by atoms with Crippen LogP contribution in [-0.2, 0) is 4.74 Å². The highest BCUT2D eigenvalue weighted by atomic mass is 16.5. The maximum Gasteiger partial charge on any atom is 0.0579 e. The zero-order valence-corrected chi connectivity index (χ0v) is 9.74. The van der Waals surface area contributed by atoms with Gasteiger partial charge in [0, 0.05) is 12.6 Å². The van der Waals surface area contributed by atoms with Crippen molar-refractivity contribution in [2.75, 3.05) is 32.9 Å². The van der Waals surface area contributed by atoms with Crippen LogP contribution in [0.5, 0.6) is 0 Å². The van der Waals surface area contributed by atoms with Gasteiger partial charge in [0.15, 0.2) is 0 Å². The van der Waals surface area contributed by atoms with E-state index in [0.717, 1.165) is 32.3 Å². The molecule has 2 fully saturated rings. The van der Waals surface area contributed by atoms with Gasteiger partial charge < -0.3 is 9.84 Å². The van der Waals surface area contributed by atoms with E-state index in [9.17, 15) is 5.11 Å². The van der Waals surface area contributed by atoms with Crippen molar-refractivity contribution >= 4 is 0 Å². The molecule has 88 valence electrons. The van der Waals surface area contributed by atoms with Crippen LogP contribution >= 0.6 is 0 Å². The van der Waals surface area contributed by atoms with Crippen LogP contribution in [0.15, 0.2) is 0 Å². The zero-order chi connectivity index (χ0) is 10.7. The largest absolute Gasteiger partial charge is 0.396 e. The van der Waals surface area contributed by atoms with Crippen molar-refractivity contribution < 1.29 is 9.84 Å². The quantitative estimate of drug-likeness (QED) is 0.746. The Bertz CT molecular complexity index is 192. The molecule has 0 unspecified atom stereocenters. The van der Waals surface area contributed by atoms with Crippen LogP contribution in [0.4, 0.5) is 0 Å². The molecule has 15 heavy (non-hydrogen) atoms. The molecule has 0 aromatic carbocycles. The first-order chi connectivity index (χ1) is 7.29. The molecule has 0 spiro atoms. The van der Waals surface area contributed by atoms with Gasteiger partial charge in [-0.3, -0.25) is 4.90 Å². The molecule has 1 aliphatic heterocycles. The van der Waals surface area contributed by atoms with Crippen molar-refractivity contribution in [3.63, 3.8) is 0 Å². The van der Waals surface area contributed by atoms with E-state index in [0.29, 0.717) is 0 Å². The molecule has 0 aromatic rings. The first kappa shape index (κ1) is 11.4. The van der Waals surface area contributed by atoms with E-state index in [-0.39, 0.29) is 12.0 Å². The number of nitrogens with zero attached hydrogens (tertiary/aromatic N) is 1. The van der Waals surface area contributed by atoms with Crippen LogP contribution in [0.1, 0.15) is 32.6 Å². The van der Waals surface area contributed by atoms with Crippen LogP contribution in [0.3, 0.4) is 0 Å². The first-order valence-electron chi connectivity index (χ1n) is 6.22. The molecule has 3 heteroatoms. The summed E-state index contributed by atoms with van der Waals surface area (Å²) in [5.41, 5.74) is 0.0542. The number of aliphatic hydroxyl groups excluding tert-OH is 1. The standard InChI is InChI=1S/C12H23NO2/c1-2-13(11-5-3-4-6-11)7-12(8-14)9-15-10-12/h11,14H,2-10H2,1H3. The summed E-state index contributed by atoms with van der Waals surface area (Å²) < 4.78 is 5.25. The summed E-state index contributed by atoms with van der Waals surface area (Å²) in [5, 5.41) is 9.42. The highest BCUT2D eigenvalue weighted by molar-refractivity contribution is 4.90. The minimum atomic E-state index is 0.0542. The Morgan fingerprint density at radius 3 is 2.40 bits per heavy atom. The van der Waals surface area contributed by atoms with Gasteiger partial charge in [-0.25, -0.2) is 0 Å². The van der Waals surface area contributed by atoms with Gasteiger partial charge in [-0.1, -0.05) is 19.8 Å². The number of rotatable bonds is 5. The van der Waals surface area contributed by atoms with E-state index < -0.39 is 0 Å². The fraction of sp³-hybridized carbons (Fsp3) is 1.00. The Kier molecular flexibility index (Phi) is 3.65. The fourth-order valence-electron chi connectivity index (χ4n) is 2.82. The van der Waals surface area contributed by atoms with Crippen LogP contribution in [-0.4, -0.2) is 49.0 Å². The Morgan fingerprint density at radius 2 is 2.00 bits per heavy atom. The molecule has 2 aliphatic rings. The number of hydrogen-bond donors (Lipinski definition) is 1.